The second-order valence-corrected chi connectivity index (χ2v) is 6.09. The van der Waals surface area contributed by atoms with E-state index in [0.717, 1.165) is 0 Å². The van der Waals surface area contributed by atoms with Crippen molar-refractivity contribution < 1.29 is 17.8 Å². The molecule has 2 rings (SSSR count). The molecule has 0 unspecified atom stereocenters. The van der Waals surface area contributed by atoms with Crippen molar-refractivity contribution >= 4 is 27.2 Å². The Labute approximate surface area is 113 Å². The molecule has 100 valence electrons. The molecule has 0 spiro atoms. The monoisotopic (exact) mass is 298 g/mol. The van der Waals surface area contributed by atoms with Crippen LogP contribution in [0, 0.1) is 6.92 Å². The van der Waals surface area contributed by atoms with Crippen molar-refractivity contribution in [2.75, 3.05) is 0 Å². The fourth-order valence-corrected chi connectivity index (χ4v) is 2.85. The van der Waals surface area contributed by atoms with Crippen LogP contribution in [0.1, 0.15) is 23.0 Å². The van der Waals surface area contributed by atoms with Gasteiger partial charge in [0.2, 0.25) is 0 Å². The molecule has 0 aromatic carbocycles. The molecule has 8 heteroatoms. The Hall–Kier alpha value is -1.64. The van der Waals surface area contributed by atoms with E-state index in [2.05, 4.69) is 9.97 Å². The molecule has 0 saturated carbocycles. The van der Waals surface area contributed by atoms with Gasteiger partial charge < -0.3 is 0 Å². The molecule has 2 heterocycles. The van der Waals surface area contributed by atoms with Gasteiger partial charge in [-0.05, 0) is 25.3 Å². The molecule has 0 amide bonds. The first kappa shape index (κ1) is 13.8. The topological polar surface area (TPSA) is 97.2 Å². The van der Waals surface area contributed by atoms with Crippen LogP contribution in [0.15, 0.2) is 22.7 Å². The largest absolute Gasteiger partial charge is 0.330 e. The Balaban J connectivity index is 2.81. The van der Waals surface area contributed by atoms with Crippen LogP contribution in [0.2, 0.25) is 0 Å². The minimum absolute atomic E-state index is 0.221. The van der Waals surface area contributed by atoms with Crippen LogP contribution in [0.3, 0.4) is 0 Å². The average Bonchev–Trinajstić information content (AvgIpc) is 2.79. The van der Waals surface area contributed by atoms with E-state index in [1.54, 1.807) is 17.5 Å². The first-order chi connectivity index (χ1) is 8.80. The number of nitrogens with zero attached hydrogens (tertiary/aromatic N) is 2. The van der Waals surface area contributed by atoms with Crippen molar-refractivity contribution in [2.24, 2.45) is 0 Å². The first-order valence-corrected chi connectivity index (χ1v) is 7.53. The van der Waals surface area contributed by atoms with Crippen molar-refractivity contribution in [3.8, 4) is 10.6 Å². The zero-order valence-electron chi connectivity index (χ0n) is 10.1. The highest BCUT2D eigenvalue weighted by Crippen LogP contribution is 2.28. The predicted octanol–water partition coefficient (Wildman–Crippen LogP) is 1.96. The third kappa shape index (κ3) is 2.70. The SMILES string of the molecule is CC(=O)c1c(C)nc(S(=O)(=O)O)nc1-c1cccs1. The number of ketones is 1. The molecule has 0 saturated heterocycles. The highest BCUT2D eigenvalue weighted by Gasteiger charge is 2.22. The van der Waals surface area contributed by atoms with E-state index in [0.29, 0.717) is 4.88 Å². The van der Waals surface area contributed by atoms with E-state index in [9.17, 15) is 13.2 Å². The fraction of sp³-hybridized carbons (Fsp3) is 0.182. The highest BCUT2D eigenvalue weighted by molar-refractivity contribution is 7.85. The molecule has 0 aliphatic rings. The van der Waals surface area contributed by atoms with Gasteiger partial charge >= 0.3 is 10.1 Å². The number of rotatable bonds is 3. The minimum atomic E-state index is -4.51. The minimum Gasteiger partial charge on any atom is -0.294 e. The van der Waals surface area contributed by atoms with E-state index in [4.69, 9.17) is 4.55 Å². The van der Waals surface area contributed by atoms with Gasteiger partial charge in [0, 0.05) is 0 Å². The van der Waals surface area contributed by atoms with Gasteiger partial charge in [0.05, 0.1) is 21.8 Å². The Bertz CT molecular complexity index is 736. The highest BCUT2D eigenvalue weighted by atomic mass is 32.2. The van der Waals surface area contributed by atoms with Gasteiger partial charge in [-0.25, -0.2) is 9.97 Å². The summed E-state index contributed by atoms with van der Waals surface area (Å²) in [7, 11) is -4.51. The van der Waals surface area contributed by atoms with Crippen molar-refractivity contribution in [3.05, 3.63) is 28.8 Å². The van der Waals surface area contributed by atoms with Crippen LogP contribution in [0.5, 0.6) is 0 Å². The third-order valence-electron chi connectivity index (χ3n) is 2.41. The summed E-state index contributed by atoms with van der Waals surface area (Å²) in [6.07, 6.45) is 0. The van der Waals surface area contributed by atoms with Gasteiger partial charge in [0.15, 0.2) is 5.78 Å². The maximum Gasteiger partial charge on any atom is 0.330 e. The van der Waals surface area contributed by atoms with E-state index >= 15 is 0 Å². The molecule has 0 atom stereocenters. The number of hydrogen-bond donors (Lipinski definition) is 1. The van der Waals surface area contributed by atoms with Gasteiger partial charge in [0.1, 0.15) is 0 Å². The summed E-state index contributed by atoms with van der Waals surface area (Å²) < 4.78 is 31.3. The van der Waals surface area contributed by atoms with Gasteiger partial charge in [-0.15, -0.1) is 11.3 Å². The maximum absolute atomic E-state index is 11.7. The van der Waals surface area contributed by atoms with Crippen LogP contribution >= 0.6 is 11.3 Å². The molecule has 0 radical (unpaired) electrons. The Morgan fingerprint density at radius 3 is 2.53 bits per heavy atom. The van der Waals surface area contributed by atoms with E-state index in [1.165, 1.54) is 25.2 Å². The smallest absolute Gasteiger partial charge is 0.294 e. The van der Waals surface area contributed by atoms with Crippen LogP contribution in [-0.2, 0) is 10.1 Å². The van der Waals surface area contributed by atoms with Gasteiger partial charge in [-0.3, -0.25) is 9.35 Å². The number of carbonyl (C=O) groups is 1. The number of Topliss-reactive ketones (excluding diaryl/α,β-unsaturated/α-hetero) is 1. The molecule has 2 aromatic rings. The lowest BCUT2D eigenvalue weighted by Gasteiger charge is -2.08. The number of hydrogen-bond acceptors (Lipinski definition) is 6. The molecule has 0 fully saturated rings. The second-order valence-electron chi connectivity index (χ2n) is 3.82. The number of carbonyl (C=O) groups excluding carboxylic acids is 1. The molecule has 0 aliphatic heterocycles. The van der Waals surface area contributed by atoms with Crippen LogP contribution in [-0.4, -0.2) is 28.7 Å². The molecular weight excluding hydrogens is 288 g/mol. The molecule has 1 N–H and O–H groups in total. The summed E-state index contributed by atoms with van der Waals surface area (Å²) >= 11 is 1.32. The molecular formula is C11H10N2O4S2. The lowest BCUT2D eigenvalue weighted by atomic mass is 10.1. The quantitative estimate of drug-likeness (QED) is 0.528. The predicted molar refractivity (Wildman–Crippen MR) is 69.9 cm³/mol. The summed E-state index contributed by atoms with van der Waals surface area (Å²) in [5.74, 6) is -0.261. The molecule has 2 aromatic heterocycles. The normalized spacial score (nSPS) is 11.5. The van der Waals surface area contributed by atoms with Crippen LogP contribution in [0.25, 0.3) is 10.6 Å². The number of thiophene rings is 1. The van der Waals surface area contributed by atoms with Crippen molar-refractivity contribution in [1.82, 2.24) is 9.97 Å². The van der Waals surface area contributed by atoms with Gasteiger partial charge in [0.25, 0.3) is 5.16 Å². The molecule has 19 heavy (non-hydrogen) atoms. The summed E-state index contributed by atoms with van der Waals surface area (Å²) in [5, 5.41) is 1.09. The summed E-state index contributed by atoms with van der Waals surface area (Å²) in [6, 6.07) is 3.47. The first-order valence-electron chi connectivity index (χ1n) is 5.21. The molecule has 6 nitrogen and oxygen atoms in total. The Kier molecular flexibility index (Phi) is 3.48. The van der Waals surface area contributed by atoms with Crippen LogP contribution in [0.4, 0.5) is 0 Å². The second kappa shape index (κ2) is 4.80. The lowest BCUT2D eigenvalue weighted by molar-refractivity contribution is 0.101. The maximum atomic E-state index is 11.7. The van der Waals surface area contributed by atoms with Crippen LogP contribution < -0.4 is 0 Å². The van der Waals surface area contributed by atoms with Gasteiger partial charge in [-0.1, -0.05) is 6.07 Å². The van der Waals surface area contributed by atoms with Crippen molar-refractivity contribution in [3.63, 3.8) is 0 Å². The van der Waals surface area contributed by atoms with Crippen molar-refractivity contribution in [1.29, 1.82) is 0 Å². The zero-order chi connectivity index (χ0) is 14.2. The van der Waals surface area contributed by atoms with Gasteiger partial charge in [-0.2, -0.15) is 8.42 Å². The lowest BCUT2D eigenvalue weighted by Crippen LogP contribution is -2.11. The Morgan fingerprint density at radius 1 is 1.37 bits per heavy atom. The van der Waals surface area contributed by atoms with E-state index in [-0.39, 0.29) is 22.7 Å². The summed E-state index contributed by atoms with van der Waals surface area (Å²) in [5.41, 5.74) is 0.705. The summed E-state index contributed by atoms with van der Waals surface area (Å²) in [4.78, 5) is 19.8. The van der Waals surface area contributed by atoms with E-state index < -0.39 is 15.3 Å². The molecule has 0 bridgehead atoms. The number of aromatic nitrogens is 2. The zero-order valence-corrected chi connectivity index (χ0v) is 11.7. The Morgan fingerprint density at radius 2 is 2.05 bits per heavy atom. The van der Waals surface area contributed by atoms with Crippen molar-refractivity contribution in [2.45, 2.75) is 19.0 Å². The number of aryl methyl sites for hydroxylation is 1. The third-order valence-corrected chi connectivity index (χ3v) is 3.93. The average molecular weight is 298 g/mol. The fourth-order valence-electron chi connectivity index (χ4n) is 1.68. The molecule has 0 aliphatic carbocycles. The standard InChI is InChI=1S/C11H10N2O4S2/c1-6-9(7(2)14)10(8-4-3-5-18-8)13-11(12-6)19(15,16)17/h3-5H,1-2H3,(H,15,16,17). The summed E-state index contributed by atoms with van der Waals surface area (Å²) in [6.45, 7) is 2.86. The van der Waals surface area contributed by atoms with E-state index in [1.807, 2.05) is 0 Å².